The molecule has 0 fully saturated rings. The SMILES string of the molecule is Cc1nc(C(=O)NCCC(=O)N(C)C)n[nH]1. The Hall–Kier alpha value is -1.92. The lowest BCUT2D eigenvalue weighted by Gasteiger charge is -2.09. The molecule has 2 N–H and O–H groups in total. The van der Waals surface area contributed by atoms with Crippen LogP contribution in [-0.4, -0.2) is 52.5 Å². The minimum absolute atomic E-state index is 0.0357. The lowest BCUT2D eigenvalue weighted by atomic mass is 10.3. The van der Waals surface area contributed by atoms with Crippen LogP contribution in [0.3, 0.4) is 0 Å². The van der Waals surface area contributed by atoms with E-state index in [0.717, 1.165) is 0 Å². The average Bonchev–Trinajstić information content (AvgIpc) is 2.64. The van der Waals surface area contributed by atoms with Gasteiger partial charge in [0.15, 0.2) is 0 Å². The highest BCUT2D eigenvalue weighted by Crippen LogP contribution is 1.91. The molecule has 7 heteroatoms. The topological polar surface area (TPSA) is 91.0 Å². The van der Waals surface area contributed by atoms with Crippen LogP contribution in [0.5, 0.6) is 0 Å². The van der Waals surface area contributed by atoms with Crippen molar-refractivity contribution in [2.24, 2.45) is 0 Å². The summed E-state index contributed by atoms with van der Waals surface area (Å²) >= 11 is 0. The molecule has 0 aliphatic carbocycles. The Labute approximate surface area is 93.2 Å². The predicted octanol–water partition coefficient (Wildman–Crippen LogP) is -0.679. The van der Waals surface area contributed by atoms with Gasteiger partial charge in [-0.15, -0.1) is 5.10 Å². The second kappa shape index (κ2) is 5.24. The van der Waals surface area contributed by atoms with Crippen molar-refractivity contribution in [3.8, 4) is 0 Å². The maximum absolute atomic E-state index is 11.4. The number of hydrogen-bond donors (Lipinski definition) is 2. The van der Waals surface area contributed by atoms with E-state index in [4.69, 9.17) is 0 Å². The van der Waals surface area contributed by atoms with Crippen LogP contribution in [0.1, 0.15) is 22.9 Å². The molecule has 0 saturated carbocycles. The highest BCUT2D eigenvalue weighted by molar-refractivity contribution is 5.90. The van der Waals surface area contributed by atoms with Crippen LogP contribution < -0.4 is 5.32 Å². The van der Waals surface area contributed by atoms with Crippen LogP contribution in [0.25, 0.3) is 0 Å². The van der Waals surface area contributed by atoms with Gasteiger partial charge in [-0.05, 0) is 6.92 Å². The van der Waals surface area contributed by atoms with Crippen LogP contribution in [0.2, 0.25) is 0 Å². The van der Waals surface area contributed by atoms with Gasteiger partial charge in [0, 0.05) is 27.1 Å². The Bertz CT molecular complexity index is 385. The Morgan fingerprint density at radius 1 is 1.44 bits per heavy atom. The Kier molecular flexibility index (Phi) is 3.98. The van der Waals surface area contributed by atoms with Gasteiger partial charge in [-0.3, -0.25) is 14.7 Å². The molecule has 0 atom stereocenters. The summed E-state index contributed by atoms with van der Waals surface area (Å²) in [5, 5.41) is 8.84. The molecule has 0 spiro atoms. The highest BCUT2D eigenvalue weighted by Gasteiger charge is 2.11. The third-order valence-corrected chi connectivity index (χ3v) is 1.92. The molecule has 1 heterocycles. The fourth-order valence-electron chi connectivity index (χ4n) is 1.03. The number of nitrogens with zero attached hydrogens (tertiary/aromatic N) is 3. The summed E-state index contributed by atoms with van der Waals surface area (Å²) < 4.78 is 0. The van der Waals surface area contributed by atoms with Gasteiger partial charge >= 0.3 is 0 Å². The van der Waals surface area contributed by atoms with Crippen molar-refractivity contribution in [1.82, 2.24) is 25.4 Å². The van der Waals surface area contributed by atoms with Gasteiger partial charge in [-0.2, -0.15) is 0 Å². The van der Waals surface area contributed by atoms with E-state index in [-0.39, 0.29) is 30.6 Å². The summed E-state index contributed by atoms with van der Waals surface area (Å²) in [6, 6.07) is 0. The number of carbonyl (C=O) groups excluding carboxylic acids is 2. The van der Waals surface area contributed by atoms with E-state index in [1.807, 2.05) is 0 Å². The molecule has 0 radical (unpaired) electrons. The maximum atomic E-state index is 11.4. The van der Waals surface area contributed by atoms with Crippen LogP contribution in [0.15, 0.2) is 0 Å². The first-order chi connectivity index (χ1) is 7.50. The number of nitrogens with one attached hydrogen (secondary N) is 2. The number of hydrogen-bond acceptors (Lipinski definition) is 4. The lowest BCUT2D eigenvalue weighted by molar-refractivity contribution is -0.128. The van der Waals surface area contributed by atoms with Crippen LogP contribution in [0.4, 0.5) is 0 Å². The summed E-state index contributed by atoms with van der Waals surface area (Å²) in [4.78, 5) is 28.0. The van der Waals surface area contributed by atoms with E-state index in [1.54, 1.807) is 21.0 Å². The van der Waals surface area contributed by atoms with Gasteiger partial charge in [-0.25, -0.2) is 4.98 Å². The van der Waals surface area contributed by atoms with Crippen LogP contribution in [-0.2, 0) is 4.79 Å². The Balaban J connectivity index is 2.34. The largest absolute Gasteiger partial charge is 0.349 e. The fourth-order valence-corrected chi connectivity index (χ4v) is 1.03. The Morgan fingerprint density at radius 3 is 2.62 bits per heavy atom. The standard InChI is InChI=1S/C9H15N5O2/c1-6-11-8(13-12-6)9(16)10-5-4-7(15)14(2)3/h4-5H2,1-3H3,(H,10,16)(H,11,12,13). The minimum Gasteiger partial charge on any atom is -0.349 e. The van der Waals surface area contributed by atoms with Gasteiger partial charge < -0.3 is 10.2 Å². The minimum atomic E-state index is -0.379. The molecule has 7 nitrogen and oxygen atoms in total. The second-order valence-corrected chi connectivity index (χ2v) is 3.54. The molecule has 0 aliphatic heterocycles. The van der Waals surface area contributed by atoms with E-state index in [0.29, 0.717) is 5.82 Å². The summed E-state index contributed by atoms with van der Waals surface area (Å²) in [7, 11) is 3.34. The predicted molar refractivity (Wildman–Crippen MR) is 56.8 cm³/mol. The third kappa shape index (κ3) is 3.34. The van der Waals surface area contributed by atoms with Crippen molar-refractivity contribution in [3.63, 3.8) is 0 Å². The third-order valence-electron chi connectivity index (χ3n) is 1.92. The molecule has 0 aromatic carbocycles. The van der Waals surface area contributed by atoms with E-state index in [2.05, 4.69) is 20.5 Å². The zero-order valence-corrected chi connectivity index (χ0v) is 9.57. The van der Waals surface area contributed by atoms with Crippen molar-refractivity contribution in [2.45, 2.75) is 13.3 Å². The molecule has 88 valence electrons. The molecular formula is C9H15N5O2. The van der Waals surface area contributed by atoms with Gasteiger partial charge in [0.2, 0.25) is 11.7 Å². The smallest absolute Gasteiger partial charge is 0.290 e. The zero-order valence-electron chi connectivity index (χ0n) is 9.57. The monoisotopic (exact) mass is 225 g/mol. The summed E-state index contributed by atoms with van der Waals surface area (Å²) in [5.41, 5.74) is 0. The second-order valence-electron chi connectivity index (χ2n) is 3.54. The number of carbonyl (C=O) groups is 2. The Morgan fingerprint density at radius 2 is 2.12 bits per heavy atom. The van der Waals surface area contributed by atoms with Crippen molar-refractivity contribution < 1.29 is 9.59 Å². The summed E-state index contributed by atoms with van der Waals surface area (Å²) in [6.45, 7) is 1.99. The molecule has 16 heavy (non-hydrogen) atoms. The first-order valence-electron chi connectivity index (χ1n) is 4.88. The number of aromatic nitrogens is 3. The molecular weight excluding hydrogens is 210 g/mol. The molecule has 0 bridgehead atoms. The lowest BCUT2D eigenvalue weighted by Crippen LogP contribution is -2.30. The highest BCUT2D eigenvalue weighted by atomic mass is 16.2. The quantitative estimate of drug-likeness (QED) is 0.710. The number of amides is 2. The molecule has 0 saturated heterocycles. The normalized spacial score (nSPS) is 9.94. The zero-order chi connectivity index (χ0) is 12.1. The van der Waals surface area contributed by atoms with Crippen LogP contribution in [0, 0.1) is 6.92 Å². The molecule has 1 aromatic rings. The van der Waals surface area contributed by atoms with Crippen molar-refractivity contribution in [1.29, 1.82) is 0 Å². The number of H-pyrrole nitrogens is 1. The molecule has 1 aromatic heterocycles. The molecule has 2 amide bonds. The van der Waals surface area contributed by atoms with E-state index >= 15 is 0 Å². The fraction of sp³-hybridized carbons (Fsp3) is 0.556. The van der Waals surface area contributed by atoms with Gasteiger partial charge in [0.25, 0.3) is 5.91 Å². The molecule has 0 unspecified atom stereocenters. The van der Waals surface area contributed by atoms with Gasteiger partial charge in [0.1, 0.15) is 5.82 Å². The summed E-state index contributed by atoms with van der Waals surface area (Å²) in [5.74, 6) is 0.256. The maximum Gasteiger partial charge on any atom is 0.290 e. The van der Waals surface area contributed by atoms with E-state index in [9.17, 15) is 9.59 Å². The van der Waals surface area contributed by atoms with Gasteiger partial charge in [0.05, 0.1) is 0 Å². The van der Waals surface area contributed by atoms with Crippen molar-refractivity contribution in [3.05, 3.63) is 11.6 Å². The first-order valence-corrected chi connectivity index (χ1v) is 4.88. The number of aryl methyl sites for hydroxylation is 1. The van der Waals surface area contributed by atoms with Crippen molar-refractivity contribution >= 4 is 11.8 Å². The molecule has 0 aliphatic rings. The first kappa shape index (κ1) is 12.2. The van der Waals surface area contributed by atoms with E-state index in [1.165, 1.54) is 4.90 Å². The van der Waals surface area contributed by atoms with Crippen molar-refractivity contribution in [2.75, 3.05) is 20.6 Å². The average molecular weight is 225 g/mol. The van der Waals surface area contributed by atoms with Crippen LogP contribution >= 0.6 is 0 Å². The van der Waals surface area contributed by atoms with Gasteiger partial charge in [-0.1, -0.05) is 0 Å². The number of rotatable bonds is 4. The number of aromatic amines is 1. The molecule has 1 rings (SSSR count). The van der Waals surface area contributed by atoms with E-state index < -0.39 is 0 Å². The summed E-state index contributed by atoms with van der Waals surface area (Å²) in [6.07, 6.45) is 0.266.